The largest absolute Gasteiger partial charge is 0.444 e. The number of dihydropyridines is 1. The maximum Gasteiger partial charge on any atom is 0.410 e. The number of hydrogen-bond acceptors (Lipinski definition) is 3. The summed E-state index contributed by atoms with van der Waals surface area (Å²) in [7, 11) is 0. The van der Waals surface area contributed by atoms with Crippen LogP contribution in [0.4, 0.5) is 4.79 Å². The van der Waals surface area contributed by atoms with E-state index in [9.17, 15) is 4.79 Å². The number of rotatable bonds is 1. The van der Waals surface area contributed by atoms with Crippen LogP contribution in [0.15, 0.2) is 23.9 Å². The Morgan fingerprint density at radius 2 is 2.21 bits per heavy atom. The Hall–Kier alpha value is -1.45. The van der Waals surface area contributed by atoms with Crippen molar-refractivity contribution < 1.29 is 9.53 Å². The topological polar surface area (TPSA) is 41.6 Å². The van der Waals surface area contributed by atoms with Crippen molar-refractivity contribution in [1.29, 1.82) is 0 Å². The molecule has 19 heavy (non-hydrogen) atoms. The summed E-state index contributed by atoms with van der Waals surface area (Å²) >= 11 is 0. The zero-order chi connectivity index (χ0) is 13.9. The molecular formula is C15H24N2O2. The normalized spacial score (nSPS) is 23.6. The standard InChI is InChI=1S/C15H24N2O2/c1-15(2,3)19-14(18)17-11-5-4-6-13(17)12-7-9-16-10-8-12/h7-9,13,16H,4-6,10-11H2,1-3H3. The minimum absolute atomic E-state index is 0.168. The van der Waals surface area contributed by atoms with Crippen LogP contribution in [-0.2, 0) is 4.74 Å². The number of hydrogen-bond donors (Lipinski definition) is 1. The van der Waals surface area contributed by atoms with E-state index in [1.54, 1.807) is 0 Å². The van der Waals surface area contributed by atoms with Crippen LogP contribution in [0.5, 0.6) is 0 Å². The summed E-state index contributed by atoms with van der Waals surface area (Å²) in [6, 6.07) is 0.168. The van der Waals surface area contributed by atoms with Crippen LogP contribution in [0.1, 0.15) is 40.0 Å². The summed E-state index contributed by atoms with van der Waals surface area (Å²) < 4.78 is 5.52. The van der Waals surface area contributed by atoms with Gasteiger partial charge in [0.05, 0.1) is 6.04 Å². The minimum atomic E-state index is -0.433. The van der Waals surface area contributed by atoms with Gasteiger partial charge in [-0.25, -0.2) is 4.79 Å². The summed E-state index contributed by atoms with van der Waals surface area (Å²) in [5, 5.41) is 3.14. The number of ether oxygens (including phenoxy) is 1. The van der Waals surface area contributed by atoms with E-state index in [4.69, 9.17) is 4.74 Å². The monoisotopic (exact) mass is 264 g/mol. The van der Waals surface area contributed by atoms with Crippen molar-refractivity contribution in [2.45, 2.75) is 51.7 Å². The number of carbonyl (C=O) groups excluding carboxylic acids is 1. The van der Waals surface area contributed by atoms with Gasteiger partial charge in [-0.2, -0.15) is 0 Å². The summed E-state index contributed by atoms with van der Waals surface area (Å²) in [4.78, 5) is 14.2. The fourth-order valence-corrected chi connectivity index (χ4v) is 2.53. The van der Waals surface area contributed by atoms with Crippen molar-refractivity contribution in [3.05, 3.63) is 23.9 Å². The average molecular weight is 264 g/mol. The number of amides is 1. The molecule has 1 atom stereocenters. The number of likely N-dealkylation sites (tertiary alicyclic amines) is 1. The van der Waals surface area contributed by atoms with Gasteiger partial charge < -0.3 is 15.0 Å². The molecule has 106 valence electrons. The average Bonchev–Trinajstić information content (AvgIpc) is 2.38. The van der Waals surface area contributed by atoms with E-state index < -0.39 is 5.60 Å². The zero-order valence-electron chi connectivity index (χ0n) is 12.1. The molecular weight excluding hydrogens is 240 g/mol. The summed E-state index contributed by atoms with van der Waals surface area (Å²) in [6.45, 7) is 7.36. The lowest BCUT2D eigenvalue weighted by Gasteiger charge is -2.37. The molecule has 1 fully saturated rings. The van der Waals surface area contributed by atoms with Gasteiger partial charge in [0.2, 0.25) is 0 Å². The molecule has 0 aromatic rings. The first-order valence-corrected chi connectivity index (χ1v) is 7.07. The first-order chi connectivity index (χ1) is 8.97. The van der Waals surface area contributed by atoms with Gasteiger partial charge in [-0.3, -0.25) is 0 Å². The molecule has 1 N–H and O–H groups in total. The van der Waals surface area contributed by atoms with Crippen molar-refractivity contribution in [2.75, 3.05) is 13.1 Å². The van der Waals surface area contributed by atoms with E-state index in [0.29, 0.717) is 0 Å². The Morgan fingerprint density at radius 1 is 1.42 bits per heavy atom. The number of carbonyl (C=O) groups is 1. The summed E-state index contributed by atoms with van der Waals surface area (Å²) in [5.74, 6) is 0. The van der Waals surface area contributed by atoms with Crippen LogP contribution in [0.25, 0.3) is 0 Å². The Kier molecular flexibility index (Phi) is 4.17. The van der Waals surface area contributed by atoms with Crippen molar-refractivity contribution >= 4 is 6.09 Å². The lowest BCUT2D eigenvalue weighted by Crippen LogP contribution is -2.47. The fourth-order valence-electron chi connectivity index (χ4n) is 2.53. The lowest BCUT2D eigenvalue weighted by molar-refractivity contribution is 0.0141. The van der Waals surface area contributed by atoms with Crippen molar-refractivity contribution in [1.82, 2.24) is 10.2 Å². The highest BCUT2D eigenvalue weighted by atomic mass is 16.6. The van der Waals surface area contributed by atoms with Gasteiger partial charge in [0, 0.05) is 13.1 Å². The molecule has 0 spiro atoms. The second-order valence-corrected chi connectivity index (χ2v) is 6.13. The molecule has 1 amide bonds. The Balaban J connectivity index is 2.09. The smallest absolute Gasteiger partial charge is 0.410 e. The number of piperidine rings is 1. The van der Waals surface area contributed by atoms with Gasteiger partial charge in [0.15, 0.2) is 0 Å². The van der Waals surface area contributed by atoms with Crippen LogP contribution in [0.3, 0.4) is 0 Å². The van der Waals surface area contributed by atoms with E-state index in [1.165, 1.54) is 12.0 Å². The van der Waals surface area contributed by atoms with Crippen LogP contribution < -0.4 is 5.32 Å². The third kappa shape index (κ3) is 3.75. The molecule has 4 heteroatoms. The molecule has 1 unspecified atom stereocenters. The Morgan fingerprint density at radius 3 is 2.84 bits per heavy atom. The van der Waals surface area contributed by atoms with E-state index in [-0.39, 0.29) is 12.1 Å². The predicted octanol–water partition coefficient (Wildman–Crippen LogP) is 2.82. The van der Waals surface area contributed by atoms with Gasteiger partial charge >= 0.3 is 6.09 Å². The SMILES string of the molecule is CC(C)(C)OC(=O)N1CCCCC1C1=CCNC=C1. The van der Waals surface area contributed by atoms with Gasteiger partial charge in [0.25, 0.3) is 0 Å². The number of nitrogens with zero attached hydrogens (tertiary/aromatic N) is 1. The summed E-state index contributed by atoms with van der Waals surface area (Å²) in [5.41, 5.74) is 0.793. The molecule has 2 heterocycles. The van der Waals surface area contributed by atoms with E-state index in [2.05, 4.69) is 17.5 Å². The van der Waals surface area contributed by atoms with Crippen LogP contribution >= 0.6 is 0 Å². The van der Waals surface area contributed by atoms with Gasteiger partial charge in [-0.15, -0.1) is 0 Å². The van der Waals surface area contributed by atoms with Crippen LogP contribution in [0, 0.1) is 0 Å². The molecule has 0 aliphatic carbocycles. The fraction of sp³-hybridized carbons (Fsp3) is 0.667. The first-order valence-electron chi connectivity index (χ1n) is 7.07. The van der Waals surface area contributed by atoms with Crippen molar-refractivity contribution in [3.8, 4) is 0 Å². The Bertz CT molecular complexity index is 393. The molecule has 0 bridgehead atoms. The van der Waals surface area contributed by atoms with Gasteiger partial charge in [-0.1, -0.05) is 6.08 Å². The zero-order valence-corrected chi connectivity index (χ0v) is 12.1. The second kappa shape index (κ2) is 5.68. The van der Waals surface area contributed by atoms with E-state index in [0.717, 1.165) is 25.9 Å². The molecule has 2 aliphatic rings. The van der Waals surface area contributed by atoms with Crippen LogP contribution in [-0.4, -0.2) is 35.7 Å². The molecule has 0 saturated carbocycles. The first kappa shape index (κ1) is 14.0. The van der Waals surface area contributed by atoms with Gasteiger partial charge in [0.1, 0.15) is 5.60 Å². The van der Waals surface area contributed by atoms with E-state index >= 15 is 0 Å². The third-order valence-electron chi connectivity index (χ3n) is 3.36. The lowest BCUT2D eigenvalue weighted by atomic mass is 9.94. The highest BCUT2D eigenvalue weighted by Gasteiger charge is 2.31. The molecule has 0 radical (unpaired) electrons. The van der Waals surface area contributed by atoms with Crippen molar-refractivity contribution in [2.24, 2.45) is 0 Å². The third-order valence-corrected chi connectivity index (χ3v) is 3.36. The quantitative estimate of drug-likeness (QED) is 0.792. The molecule has 0 aromatic heterocycles. The maximum absolute atomic E-state index is 12.3. The van der Waals surface area contributed by atoms with Crippen molar-refractivity contribution in [3.63, 3.8) is 0 Å². The minimum Gasteiger partial charge on any atom is -0.444 e. The van der Waals surface area contributed by atoms with Gasteiger partial charge in [-0.05, 0) is 57.9 Å². The molecule has 4 nitrogen and oxygen atoms in total. The van der Waals surface area contributed by atoms with E-state index in [1.807, 2.05) is 31.9 Å². The predicted molar refractivity (Wildman–Crippen MR) is 75.8 cm³/mol. The van der Waals surface area contributed by atoms with Crippen LogP contribution in [0.2, 0.25) is 0 Å². The molecule has 1 saturated heterocycles. The molecule has 2 aliphatic heterocycles. The molecule has 2 rings (SSSR count). The highest BCUT2D eigenvalue weighted by molar-refractivity contribution is 5.69. The molecule has 0 aromatic carbocycles. The maximum atomic E-state index is 12.3. The number of nitrogens with one attached hydrogen (secondary N) is 1. The summed E-state index contributed by atoms with van der Waals surface area (Å²) in [6.07, 6.45) is 9.25. The second-order valence-electron chi connectivity index (χ2n) is 6.13. The highest BCUT2D eigenvalue weighted by Crippen LogP contribution is 2.26. The Labute approximate surface area is 115 Å².